The third-order valence-electron chi connectivity index (χ3n) is 1.13. The number of aromatic nitrogens is 2. The zero-order valence-electron chi connectivity index (χ0n) is 5.68. The second-order valence-electron chi connectivity index (χ2n) is 1.89. The first kappa shape index (κ1) is 9.53. The van der Waals surface area contributed by atoms with E-state index < -0.39 is 0 Å². The quantitative estimate of drug-likeness (QED) is 0.542. The van der Waals surface area contributed by atoms with Gasteiger partial charge < -0.3 is 0 Å². The molecule has 0 radical (unpaired) electrons. The van der Waals surface area contributed by atoms with E-state index in [2.05, 4.69) is 9.97 Å². The van der Waals surface area contributed by atoms with Gasteiger partial charge in [0.2, 0.25) is 5.28 Å². The summed E-state index contributed by atoms with van der Waals surface area (Å²) in [6.07, 6.45) is 0.0782. The Morgan fingerprint density at radius 1 is 1.17 bits per heavy atom. The van der Waals surface area contributed by atoms with Crippen molar-refractivity contribution >= 4 is 34.8 Å². The van der Waals surface area contributed by atoms with Gasteiger partial charge in [0, 0.05) is 5.56 Å². The van der Waals surface area contributed by atoms with Gasteiger partial charge in [-0.15, -0.1) is 0 Å². The van der Waals surface area contributed by atoms with Crippen molar-refractivity contribution < 1.29 is 0 Å². The molecule has 0 amide bonds. The van der Waals surface area contributed by atoms with E-state index in [9.17, 15) is 0 Å². The van der Waals surface area contributed by atoms with Crippen molar-refractivity contribution in [3.05, 3.63) is 21.2 Å². The Morgan fingerprint density at radius 3 is 2.08 bits per heavy atom. The fourth-order valence-corrected chi connectivity index (χ4v) is 1.41. The highest BCUT2D eigenvalue weighted by Gasteiger charge is 2.09. The van der Waals surface area contributed by atoms with Gasteiger partial charge in [-0.05, 0) is 11.6 Å². The third kappa shape index (κ3) is 1.98. The number of nitrogens with zero attached hydrogens (tertiary/aromatic N) is 3. The standard InChI is InChI=1S/C6H2Cl3N3/c7-4-3(1-2-10)5(8)12-6(9)11-4/h1H2. The number of hydrogen-bond donors (Lipinski definition) is 0. The maximum atomic E-state index is 8.38. The van der Waals surface area contributed by atoms with Gasteiger partial charge in [-0.3, -0.25) is 0 Å². The van der Waals surface area contributed by atoms with Crippen LogP contribution < -0.4 is 0 Å². The first-order chi connectivity index (χ1) is 5.65. The molecule has 3 nitrogen and oxygen atoms in total. The molecule has 0 saturated carbocycles. The molecule has 1 rings (SSSR count). The molecule has 0 unspecified atom stereocenters. The molecule has 0 atom stereocenters. The fourth-order valence-electron chi connectivity index (χ4n) is 0.632. The predicted octanol–water partition coefficient (Wildman–Crippen LogP) is 2.50. The molecule has 0 aromatic carbocycles. The molecule has 0 bridgehead atoms. The topological polar surface area (TPSA) is 49.6 Å². The summed E-state index contributed by atoms with van der Waals surface area (Å²) in [7, 11) is 0. The highest BCUT2D eigenvalue weighted by atomic mass is 35.5. The van der Waals surface area contributed by atoms with E-state index in [1.54, 1.807) is 0 Å². The van der Waals surface area contributed by atoms with E-state index in [1.165, 1.54) is 0 Å². The molecule has 0 N–H and O–H groups in total. The lowest BCUT2D eigenvalue weighted by Gasteiger charge is -2.00. The van der Waals surface area contributed by atoms with Gasteiger partial charge in [0.25, 0.3) is 0 Å². The van der Waals surface area contributed by atoms with Crippen LogP contribution in [0.5, 0.6) is 0 Å². The summed E-state index contributed by atoms with van der Waals surface area (Å²) in [5, 5.41) is 8.61. The van der Waals surface area contributed by atoms with Crippen molar-refractivity contribution in [3.63, 3.8) is 0 Å². The molecule has 62 valence electrons. The molecule has 0 fully saturated rings. The first-order valence-electron chi connectivity index (χ1n) is 2.89. The van der Waals surface area contributed by atoms with Crippen LogP contribution in [0.2, 0.25) is 15.6 Å². The SMILES string of the molecule is N#CCc1c(Cl)nc(Cl)nc1Cl. The van der Waals surface area contributed by atoms with Crippen LogP contribution in [0.4, 0.5) is 0 Å². The molecule has 0 aliphatic rings. The highest BCUT2D eigenvalue weighted by molar-refractivity contribution is 6.36. The third-order valence-corrected chi connectivity index (χ3v) is 1.93. The zero-order chi connectivity index (χ0) is 9.14. The zero-order valence-corrected chi connectivity index (χ0v) is 7.95. The van der Waals surface area contributed by atoms with Crippen molar-refractivity contribution in [1.82, 2.24) is 9.97 Å². The maximum absolute atomic E-state index is 8.38. The predicted molar refractivity (Wildman–Crippen MR) is 46.4 cm³/mol. The molecule has 1 aromatic rings. The second-order valence-corrected chi connectivity index (χ2v) is 2.94. The Balaban J connectivity index is 3.21. The molecule has 0 saturated heterocycles. The van der Waals surface area contributed by atoms with E-state index in [0.717, 1.165) is 0 Å². The summed E-state index contributed by atoms with van der Waals surface area (Å²) in [4.78, 5) is 7.27. The van der Waals surface area contributed by atoms with Gasteiger partial charge in [-0.2, -0.15) is 5.26 Å². The largest absolute Gasteiger partial charge is 0.225 e. The summed E-state index contributed by atoms with van der Waals surface area (Å²) < 4.78 is 0. The highest BCUT2D eigenvalue weighted by Crippen LogP contribution is 2.22. The Bertz CT molecular complexity index is 321. The lowest BCUT2D eigenvalue weighted by molar-refractivity contribution is 1.09. The molecule has 0 aliphatic carbocycles. The van der Waals surface area contributed by atoms with Crippen LogP contribution in [0.15, 0.2) is 0 Å². The van der Waals surface area contributed by atoms with Crippen molar-refractivity contribution in [3.8, 4) is 6.07 Å². The minimum atomic E-state index is -0.0216. The molecule has 1 heterocycles. The Labute approximate surface area is 83.9 Å². The molecule has 6 heteroatoms. The lowest BCUT2D eigenvalue weighted by Crippen LogP contribution is -1.93. The maximum Gasteiger partial charge on any atom is 0.225 e. The van der Waals surface area contributed by atoms with Crippen LogP contribution in [0, 0.1) is 11.3 Å². The Morgan fingerprint density at radius 2 is 1.67 bits per heavy atom. The first-order valence-corrected chi connectivity index (χ1v) is 4.03. The Kier molecular flexibility index (Phi) is 3.10. The summed E-state index contributed by atoms with van der Waals surface area (Å²) >= 11 is 16.7. The van der Waals surface area contributed by atoms with Gasteiger partial charge in [0.15, 0.2) is 0 Å². The average Bonchev–Trinajstić information content (AvgIpc) is 1.96. The van der Waals surface area contributed by atoms with Crippen molar-refractivity contribution in [1.29, 1.82) is 5.26 Å². The van der Waals surface area contributed by atoms with E-state index >= 15 is 0 Å². The van der Waals surface area contributed by atoms with Crippen LogP contribution in [0.25, 0.3) is 0 Å². The normalized spacial score (nSPS) is 9.50. The van der Waals surface area contributed by atoms with Gasteiger partial charge in [0.1, 0.15) is 10.3 Å². The van der Waals surface area contributed by atoms with Crippen LogP contribution >= 0.6 is 34.8 Å². The molecule has 1 aromatic heterocycles. The van der Waals surface area contributed by atoms with Crippen molar-refractivity contribution in [2.45, 2.75) is 6.42 Å². The number of nitriles is 1. The van der Waals surface area contributed by atoms with Gasteiger partial charge in [0.05, 0.1) is 12.5 Å². The summed E-state index contributed by atoms with van der Waals surface area (Å²) in [5.41, 5.74) is 0.408. The van der Waals surface area contributed by atoms with Crippen LogP contribution in [0.1, 0.15) is 5.56 Å². The van der Waals surface area contributed by atoms with Crippen molar-refractivity contribution in [2.75, 3.05) is 0 Å². The van der Waals surface area contributed by atoms with Crippen molar-refractivity contribution in [2.24, 2.45) is 0 Å². The van der Waals surface area contributed by atoms with E-state index in [0.29, 0.717) is 5.56 Å². The minimum Gasteiger partial charge on any atom is -0.206 e. The van der Waals surface area contributed by atoms with E-state index in [1.807, 2.05) is 6.07 Å². The molecule has 0 spiro atoms. The Hall–Kier alpha value is -0.560. The fraction of sp³-hybridized carbons (Fsp3) is 0.167. The molecule has 0 aliphatic heterocycles. The smallest absolute Gasteiger partial charge is 0.206 e. The van der Waals surface area contributed by atoms with Gasteiger partial charge in [-0.25, -0.2) is 9.97 Å². The molecular formula is C6H2Cl3N3. The molecule has 12 heavy (non-hydrogen) atoms. The lowest BCUT2D eigenvalue weighted by atomic mass is 10.3. The summed E-state index contributed by atoms with van der Waals surface area (Å²) in [6, 6.07) is 1.89. The van der Waals surface area contributed by atoms with E-state index in [4.69, 9.17) is 40.1 Å². The van der Waals surface area contributed by atoms with Crippen LogP contribution in [-0.4, -0.2) is 9.97 Å². The minimum absolute atomic E-state index is 0.0216. The van der Waals surface area contributed by atoms with Crippen LogP contribution in [0.3, 0.4) is 0 Å². The number of halogens is 3. The summed E-state index contributed by atoms with van der Waals surface area (Å²) in [5.74, 6) is 0. The summed E-state index contributed by atoms with van der Waals surface area (Å²) in [6.45, 7) is 0. The number of rotatable bonds is 1. The van der Waals surface area contributed by atoms with E-state index in [-0.39, 0.29) is 22.0 Å². The van der Waals surface area contributed by atoms with Crippen LogP contribution in [-0.2, 0) is 6.42 Å². The van der Waals surface area contributed by atoms with Gasteiger partial charge in [-0.1, -0.05) is 23.2 Å². The second kappa shape index (κ2) is 3.90. The number of hydrogen-bond acceptors (Lipinski definition) is 3. The van der Waals surface area contributed by atoms with Gasteiger partial charge >= 0.3 is 0 Å². The average molecular weight is 222 g/mol. The molecular weight excluding hydrogens is 220 g/mol. The monoisotopic (exact) mass is 221 g/mol.